The smallest absolute Gasteiger partial charge is 0.224 e. The van der Waals surface area contributed by atoms with Gasteiger partial charge < -0.3 is 10.2 Å². The van der Waals surface area contributed by atoms with Crippen LogP contribution in [-0.4, -0.2) is 25.8 Å². The molecule has 0 aliphatic heterocycles. The van der Waals surface area contributed by atoms with E-state index in [0.717, 1.165) is 22.5 Å². The van der Waals surface area contributed by atoms with Crippen molar-refractivity contribution >= 4 is 23.1 Å². The largest absolute Gasteiger partial charge is 0.378 e. The summed E-state index contributed by atoms with van der Waals surface area (Å²) < 4.78 is 0. The van der Waals surface area contributed by atoms with Crippen molar-refractivity contribution in [2.45, 2.75) is 26.7 Å². The van der Waals surface area contributed by atoms with E-state index in [9.17, 15) is 9.59 Å². The number of nitrogens with one attached hydrogen (secondary N) is 1. The maximum Gasteiger partial charge on any atom is 0.224 e. The minimum absolute atomic E-state index is 0.00436. The molecule has 24 heavy (non-hydrogen) atoms. The molecule has 0 heterocycles. The van der Waals surface area contributed by atoms with Gasteiger partial charge in [0.1, 0.15) is 0 Å². The molecular formula is C20H24N2O2. The Morgan fingerprint density at radius 3 is 2.38 bits per heavy atom. The number of rotatable bonds is 6. The van der Waals surface area contributed by atoms with Gasteiger partial charge in [0.05, 0.1) is 0 Å². The van der Waals surface area contributed by atoms with Crippen molar-refractivity contribution in [3.8, 4) is 0 Å². The number of nitrogens with zero attached hydrogens (tertiary/aromatic N) is 1. The molecule has 0 unspecified atom stereocenters. The van der Waals surface area contributed by atoms with Gasteiger partial charge in [0.2, 0.25) is 5.91 Å². The molecule has 0 saturated heterocycles. The van der Waals surface area contributed by atoms with Crippen molar-refractivity contribution in [1.29, 1.82) is 0 Å². The Kier molecular flexibility index (Phi) is 5.74. The molecule has 0 aliphatic rings. The number of carbonyl (C=O) groups excluding carboxylic acids is 2. The van der Waals surface area contributed by atoms with Crippen molar-refractivity contribution in [3.05, 3.63) is 59.2 Å². The van der Waals surface area contributed by atoms with Crippen LogP contribution < -0.4 is 10.2 Å². The predicted molar refractivity (Wildman–Crippen MR) is 98.9 cm³/mol. The van der Waals surface area contributed by atoms with E-state index in [0.29, 0.717) is 5.56 Å². The molecule has 0 aliphatic carbocycles. The number of carbonyl (C=O) groups is 2. The summed E-state index contributed by atoms with van der Waals surface area (Å²) in [7, 11) is 3.90. The van der Waals surface area contributed by atoms with Gasteiger partial charge in [0, 0.05) is 43.9 Å². The van der Waals surface area contributed by atoms with Crippen LogP contribution in [0, 0.1) is 13.8 Å². The van der Waals surface area contributed by atoms with Gasteiger partial charge in [-0.1, -0.05) is 18.2 Å². The van der Waals surface area contributed by atoms with E-state index in [1.165, 1.54) is 0 Å². The van der Waals surface area contributed by atoms with Crippen LogP contribution in [0.2, 0.25) is 0 Å². The Morgan fingerprint density at radius 2 is 1.71 bits per heavy atom. The standard InChI is InChI=1S/C20H24N2O2/c1-14-8-9-16(12-15(14)2)19(23)10-11-20(24)21-17-6-5-7-18(13-17)22(3)4/h5-9,12-13H,10-11H2,1-4H3,(H,21,24). The first-order valence-electron chi connectivity index (χ1n) is 8.04. The van der Waals surface area contributed by atoms with Crippen molar-refractivity contribution in [1.82, 2.24) is 0 Å². The molecule has 0 saturated carbocycles. The molecule has 0 atom stereocenters. The zero-order valence-electron chi connectivity index (χ0n) is 14.7. The van der Waals surface area contributed by atoms with Gasteiger partial charge in [0.15, 0.2) is 5.78 Å². The second-order valence-corrected chi connectivity index (χ2v) is 6.22. The van der Waals surface area contributed by atoms with E-state index < -0.39 is 0 Å². The van der Waals surface area contributed by atoms with Crippen LogP contribution >= 0.6 is 0 Å². The zero-order valence-corrected chi connectivity index (χ0v) is 14.7. The summed E-state index contributed by atoms with van der Waals surface area (Å²) in [5.74, 6) is -0.154. The maximum absolute atomic E-state index is 12.2. The van der Waals surface area contributed by atoms with Gasteiger partial charge in [-0.2, -0.15) is 0 Å². The molecule has 1 amide bonds. The fourth-order valence-electron chi connectivity index (χ4n) is 2.37. The Labute approximate surface area is 143 Å². The Bertz CT molecular complexity index is 751. The monoisotopic (exact) mass is 324 g/mol. The Morgan fingerprint density at radius 1 is 0.958 bits per heavy atom. The highest BCUT2D eigenvalue weighted by molar-refractivity contribution is 6.00. The van der Waals surface area contributed by atoms with Gasteiger partial charge in [-0.15, -0.1) is 0 Å². The van der Waals surface area contributed by atoms with Gasteiger partial charge in [-0.3, -0.25) is 9.59 Å². The molecule has 4 nitrogen and oxygen atoms in total. The fourth-order valence-corrected chi connectivity index (χ4v) is 2.37. The number of hydrogen-bond donors (Lipinski definition) is 1. The molecule has 0 bridgehead atoms. The summed E-state index contributed by atoms with van der Waals surface area (Å²) in [6.07, 6.45) is 0.389. The molecule has 126 valence electrons. The normalized spacial score (nSPS) is 10.3. The molecule has 0 spiro atoms. The number of hydrogen-bond acceptors (Lipinski definition) is 3. The molecule has 4 heteroatoms. The second-order valence-electron chi connectivity index (χ2n) is 6.22. The number of Topliss-reactive ketones (excluding diaryl/α,β-unsaturated/α-hetero) is 1. The van der Waals surface area contributed by atoms with Crippen LogP contribution in [0.3, 0.4) is 0 Å². The van der Waals surface area contributed by atoms with Crippen molar-refractivity contribution < 1.29 is 9.59 Å². The van der Waals surface area contributed by atoms with E-state index in [-0.39, 0.29) is 24.5 Å². The van der Waals surface area contributed by atoms with Crippen LogP contribution in [0.4, 0.5) is 11.4 Å². The molecule has 2 rings (SSSR count). The summed E-state index contributed by atoms with van der Waals surface area (Å²) in [4.78, 5) is 26.3. The lowest BCUT2D eigenvalue weighted by Crippen LogP contribution is -2.14. The molecule has 2 aromatic carbocycles. The molecule has 0 radical (unpaired) electrons. The molecule has 0 fully saturated rings. The molecular weight excluding hydrogens is 300 g/mol. The van der Waals surface area contributed by atoms with Crippen LogP contribution in [0.1, 0.15) is 34.3 Å². The fraction of sp³-hybridized carbons (Fsp3) is 0.300. The summed E-state index contributed by atoms with van der Waals surface area (Å²) in [5.41, 5.74) is 4.67. The van der Waals surface area contributed by atoms with E-state index in [2.05, 4.69) is 5.32 Å². The third-order valence-corrected chi connectivity index (χ3v) is 4.05. The molecule has 0 aromatic heterocycles. The van der Waals surface area contributed by atoms with Crippen molar-refractivity contribution in [2.75, 3.05) is 24.3 Å². The van der Waals surface area contributed by atoms with Gasteiger partial charge in [-0.25, -0.2) is 0 Å². The van der Waals surface area contributed by atoms with Crippen LogP contribution in [-0.2, 0) is 4.79 Å². The van der Waals surface area contributed by atoms with Crippen molar-refractivity contribution in [2.24, 2.45) is 0 Å². The van der Waals surface area contributed by atoms with E-state index in [1.807, 2.05) is 75.3 Å². The second kappa shape index (κ2) is 7.77. The maximum atomic E-state index is 12.2. The first kappa shape index (κ1) is 17.7. The average molecular weight is 324 g/mol. The minimum Gasteiger partial charge on any atom is -0.378 e. The van der Waals surface area contributed by atoms with Gasteiger partial charge in [-0.05, 0) is 49.2 Å². The van der Waals surface area contributed by atoms with Crippen LogP contribution in [0.5, 0.6) is 0 Å². The lowest BCUT2D eigenvalue weighted by Gasteiger charge is -2.14. The van der Waals surface area contributed by atoms with Crippen LogP contribution in [0.15, 0.2) is 42.5 Å². The lowest BCUT2D eigenvalue weighted by molar-refractivity contribution is -0.116. The zero-order chi connectivity index (χ0) is 17.7. The minimum atomic E-state index is -0.150. The highest BCUT2D eigenvalue weighted by Gasteiger charge is 2.10. The van der Waals surface area contributed by atoms with Crippen molar-refractivity contribution in [3.63, 3.8) is 0 Å². The van der Waals surface area contributed by atoms with E-state index in [1.54, 1.807) is 0 Å². The topological polar surface area (TPSA) is 49.4 Å². The summed E-state index contributed by atoms with van der Waals surface area (Å²) in [6.45, 7) is 4.00. The van der Waals surface area contributed by atoms with Gasteiger partial charge >= 0.3 is 0 Å². The number of amides is 1. The SMILES string of the molecule is Cc1ccc(C(=O)CCC(=O)Nc2cccc(N(C)C)c2)cc1C. The summed E-state index contributed by atoms with van der Waals surface area (Å²) >= 11 is 0. The van der Waals surface area contributed by atoms with E-state index >= 15 is 0 Å². The lowest BCUT2D eigenvalue weighted by atomic mass is 10.0. The predicted octanol–water partition coefficient (Wildman–Crippen LogP) is 3.97. The number of anilines is 2. The quantitative estimate of drug-likeness (QED) is 0.818. The number of aryl methyl sites for hydroxylation is 2. The Hall–Kier alpha value is -2.62. The first-order chi connectivity index (χ1) is 11.4. The first-order valence-corrected chi connectivity index (χ1v) is 8.04. The number of benzene rings is 2. The van der Waals surface area contributed by atoms with E-state index in [4.69, 9.17) is 0 Å². The molecule has 2 aromatic rings. The summed E-state index contributed by atoms with van der Waals surface area (Å²) in [6, 6.07) is 13.3. The third-order valence-electron chi connectivity index (χ3n) is 4.05. The number of ketones is 1. The highest BCUT2D eigenvalue weighted by atomic mass is 16.2. The highest BCUT2D eigenvalue weighted by Crippen LogP contribution is 2.18. The average Bonchev–Trinajstić information content (AvgIpc) is 2.55. The summed E-state index contributed by atoms with van der Waals surface area (Å²) in [5, 5.41) is 2.85. The molecule has 1 N–H and O–H groups in total. The Balaban J connectivity index is 1.92. The third kappa shape index (κ3) is 4.69. The van der Waals surface area contributed by atoms with Gasteiger partial charge in [0.25, 0.3) is 0 Å². The van der Waals surface area contributed by atoms with Crippen LogP contribution in [0.25, 0.3) is 0 Å².